The molecule has 0 saturated carbocycles. The summed E-state index contributed by atoms with van der Waals surface area (Å²) in [6, 6.07) is 4.65. The number of rotatable bonds is 2. The van der Waals surface area contributed by atoms with Crippen molar-refractivity contribution in [2.24, 2.45) is 5.73 Å². The van der Waals surface area contributed by atoms with Crippen LogP contribution in [0.4, 0.5) is 10.5 Å². The van der Waals surface area contributed by atoms with E-state index in [9.17, 15) is 9.90 Å². The minimum absolute atomic E-state index is 0.0229. The molecular formula is C13H20N2O3. The van der Waals surface area contributed by atoms with Crippen LogP contribution in [0, 0.1) is 0 Å². The molecule has 5 heteroatoms. The number of amides is 1. The van der Waals surface area contributed by atoms with Crippen molar-refractivity contribution in [3.63, 3.8) is 0 Å². The third kappa shape index (κ3) is 4.25. The first-order valence-corrected chi connectivity index (χ1v) is 5.77. The standard InChI is InChI=1S/C13H20N2O3/c1-8(14)9-5-6-11(16)10(7-9)15-12(17)18-13(2,3)4/h5-8,16H,14H2,1-4H3,(H,15,17)/t8-/m0/s1. The molecule has 1 aromatic rings. The van der Waals surface area contributed by atoms with Crippen molar-refractivity contribution in [2.45, 2.75) is 39.3 Å². The first kappa shape index (κ1) is 14.3. The van der Waals surface area contributed by atoms with Crippen molar-refractivity contribution in [2.75, 3.05) is 5.32 Å². The van der Waals surface area contributed by atoms with Gasteiger partial charge in [0, 0.05) is 6.04 Å². The predicted molar refractivity (Wildman–Crippen MR) is 70.6 cm³/mol. The highest BCUT2D eigenvalue weighted by molar-refractivity contribution is 5.87. The smallest absolute Gasteiger partial charge is 0.412 e. The van der Waals surface area contributed by atoms with Crippen molar-refractivity contribution in [1.82, 2.24) is 0 Å². The van der Waals surface area contributed by atoms with Gasteiger partial charge in [-0.1, -0.05) is 6.07 Å². The Bertz CT molecular complexity index is 436. The van der Waals surface area contributed by atoms with Crippen LogP contribution in [0.15, 0.2) is 18.2 Å². The highest BCUT2D eigenvalue weighted by Gasteiger charge is 2.17. The van der Waals surface area contributed by atoms with Gasteiger partial charge in [-0.05, 0) is 45.4 Å². The average molecular weight is 252 g/mol. The maximum Gasteiger partial charge on any atom is 0.412 e. The van der Waals surface area contributed by atoms with Crippen molar-refractivity contribution in [1.29, 1.82) is 0 Å². The number of anilines is 1. The summed E-state index contributed by atoms with van der Waals surface area (Å²) >= 11 is 0. The van der Waals surface area contributed by atoms with E-state index in [2.05, 4.69) is 5.32 Å². The number of carbonyl (C=O) groups is 1. The van der Waals surface area contributed by atoms with Gasteiger partial charge in [-0.3, -0.25) is 5.32 Å². The number of ether oxygens (including phenoxy) is 1. The van der Waals surface area contributed by atoms with E-state index >= 15 is 0 Å². The van der Waals surface area contributed by atoms with E-state index in [1.165, 1.54) is 6.07 Å². The maximum absolute atomic E-state index is 11.6. The Morgan fingerprint density at radius 2 is 2.06 bits per heavy atom. The molecule has 4 N–H and O–H groups in total. The second-order valence-corrected chi connectivity index (χ2v) is 5.19. The van der Waals surface area contributed by atoms with Crippen molar-refractivity contribution >= 4 is 11.8 Å². The Hall–Kier alpha value is -1.75. The third-order valence-corrected chi connectivity index (χ3v) is 2.18. The summed E-state index contributed by atoms with van der Waals surface area (Å²) in [5.41, 5.74) is 6.26. The Labute approximate surface area is 107 Å². The molecule has 0 aliphatic rings. The fraction of sp³-hybridized carbons (Fsp3) is 0.462. The quantitative estimate of drug-likeness (QED) is 0.706. The molecule has 1 rings (SSSR count). The zero-order chi connectivity index (χ0) is 13.9. The second-order valence-electron chi connectivity index (χ2n) is 5.19. The molecule has 1 aromatic carbocycles. The molecule has 0 bridgehead atoms. The molecule has 0 unspecified atom stereocenters. The molecule has 18 heavy (non-hydrogen) atoms. The lowest BCUT2D eigenvalue weighted by molar-refractivity contribution is 0.0635. The zero-order valence-electron chi connectivity index (χ0n) is 11.2. The molecule has 0 fully saturated rings. The molecule has 0 aromatic heterocycles. The van der Waals surface area contributed by atoms with Crippen LogP contribution in [-0.2, 0) is 4.74 Å². The van der Waals surface area contributed by atoms with Crippen LogP contribution >= 0.6 is 0 Å². The number of hydrogen-bond donors (Lipinski definition) is 3. The predicted octanol–water partition coefficient (Wildman–Crippen LogP) is 2.76. The lowest BCUT2D eigenvalue weighted by Crippen LogP contribution is -2.27. The van der Waals surface area contributed by atoms with Gasteiger partial charge in [-0.25, -0.2) is 4.79 Å². The highest BCUT2D eigenvalue weighted by atomic mass is 16.6. The van der Waals surface area contributed by atoms with Crippen LogP contribution in [0.1, 0.15) is 39.3 Å². The minimum atomic E-state index is -0.611. The molecule has 0 saturated heterocycles. The van der Waals surface area contributed by atoms with Gasteiger partial charge in [0.25, 0.3) is 0 Å². The van der Waals surface area contributed by atoms with Gasteiger partial charge in [0.1, 0.15) is 11.4 Å². The van der Waals surface area contributed by atoms with E-state index in [1.54, 1.807) is 32.9 Å². The van der Waals surface area contributed by atoms with Crippen LogP contribution < -0.4 is 11.1 Å². The summed E-state index contributed by atoms with van der Waals surface area (Å²) in [5.74, 6) is -0.0229. The van der Waals surface area contributed by atoms with Crippen LogP contribution in [0.25, 0.3) is 0 Å². The summed E-state index contributed by atoms with van der Waals surface area (Å²) in [7, 11) is 0. The summed E-state index contributed by atoms with van der Waals surface area (Å²) in [4.78, 5) is 11.6. The largest absolute Gasteiger partial charge is 0.506 e. The molecule has 1 amide bonds. The SMILES string of the molecule is C[C@H](N)c1ccc(O)c(NC(=O)OC(C)(C)C)c1. The molecule has 0 aliphatic carbocycles. The Balaban J connectivity index is 2.84. The number of hydrogen-bond acceptors (Lipinski definition) is 4. The maximum atomic E-state index is 11.6. The van der Waals surface area contributed by atoms with Crippen LogP contribution in [0.3, 0.4) is 0 Å². The summed E-state index contributed by atoms with van der Waals surface area (Å²) in [6.07, 6.45) is -0.611. The number of phenols is 1. The number of nitrogens with two attached hydrogens (primary N) is 1. The Morgan fingerprint density at radius 1 is 1.44 bits per heavy atom. The fourth-order valence-electron chi connectivity index (χ4n) is 1.35. The molecule has 0 spiro atoms. The van der Waals surface area contributed by atoms with Gasteiger partial charge < -0.3 is 15.6 Å². The van der Waals surface area contributed by atoms with E-state index in [4.69, 9.17) is 10.5 Å². The summed E-state index contributed by atoms with van der Waals surface area (Å²) in [5, 5.41) is 12.1. The molecule has 0 radical (unpaired) electrons. The molecule has 100 valence electrons. The summed E-state index contributed by atoms with van der Waals surface area (Å²) < 4.78 is 5.10. The third-order valence-electron chi connectivity index (χ3n) is 2.18. The van der Waals surface area contributed by atoms with Gasteiger partial charge in [0.15, 0.2) is 0 Å². The van der Waals surface area contributed by atoms with Gasteiger partial charge in [-0.15, -0.1) is 0 Å². The van der Waals surface area contributed by atoms with E-state index in [0.29, 0.717) is 5.69 Å². The van der Waals surface area contributed by atoms with Crippen LogP contribution in [0.5, 0.6) is 5.75 Å². The number of carbonyl (C=O) groups excluding carboxylic acids is 1. The van der Waals surface area contributed by atoms with E-state index in [1.807, 2.05) is 6.92 Å². The van der Waals surface area contributed by atoms with Gasteiger partial charge in [0.2, 0.25) is 0 Å². The topological polar surface area (TPSA) is 84.6 Å². The second kappa shape index (κ2) is 5.27. The summed E-state index contributed by atoms with van der Waals surface area (Å²) in [6.45, 7) is 7.13. The van der Waals surface area contributed by atoms with Crippen molar-refractivity contribution in [3.8, 4) is 5.75 Å². The fourth-order valence-corrected chi connectivity index (χ4v) is 1.35. The number of aromatic hydroxyl groups is 1. The monoisotopic (exact) mass is 252 g/mol. The van der Waals surface area contributed by atoms with E-state index in [0.717, 1.165) is 5.56 Å². The van der Waals surface area contributed by atoms with Crippen LogP contribution in [-0.4, -0.2) is 16.8 Å². The van der Waals surface area contributed by atoms with Crippen molar-refractivity contribution in [3.05, 3.63) is 23.8 Å². The molecule has 1 atom stereocenters. The average Bonchev–Trinajstić information content (AvgIpc) is 2.18. The van der Waals surface area contributed by atoms with Gasteiger partial charge in [-0.2, -0.15) is 0 Å². The van der Waals surface area contributed by atoms with Crippen molar-refractivity contribution < 1.29 is 14.6 Å². The minimum Gasteiger partial charge on any atom is -0.506 e. The zero-order valence-corrected chi connectivity index (χ0v) is 11.2. The first-order chi connectivity index (χ1) is 8.19. The lowest BCUT2D eigenvalue weighted by atomic mass is 10.1. The van der Waals surface area contributed by atoms with Gasteiger partial charge in [0.05, 0.1) is 5.69 Å². The Kier molecular flexibility index (Phi) is 4.19. The van der Waals surface area contributed by atoms with E-state index < -0.39 is 11.7 Å². The number of phenolic OH excluding ortho intramolecular Hbond substituents is 1. The van der Waals surface area contributed by atoms with Crippen LogP contribution in [0.2, 0.25) is 0 Å². The molecular weight excluding hydrogens is 232 g/mol. The van der Waals surface area contributed by atoms with Gasteiger partial charge >= 0.3 is 6.09 Å². The Morgan fingerprint density at radius 3 is 2.56 bits per heavy atom. The lowest BCUT2D eigenvalue weighted by Gasteiger charge is -2.20. The number of nitrogens with one attached hydrogen (secondary N) is 1. The molecule has 5 nitrogen and oxygen atoms in total. The van der Waals surface area contributed by atoms with E-state index in [-0.39, 0.29) is 11.8 Å². The molecule has 0 aliphatic heterocycles. The first-order valence-electron chi connectivity index (χ1n) is 5.77. The highest BCUT2D eigenvalue weighted by Crippen LogP contribution is 2.26. The normalized spacial score (nSPS) is 12.9. The number of benzene rings is 1. The molecule has 0 heterocycles.